The van der Waals surface area contributed by atoms with Crippen molar-refractivity contribution in [2.24, 2.45) is 0 Å². The zero-order chi connectivity index (χ0) is 23.3. The third-order valence-corrected chi connectivity index (χ3v) is 5.79. The van der Waals surface area contributed by atoms with Crippen LogP contribution < -0.4 is 5.32 Å². The van der Waals surface area contributed by atoms with E-state index >= 15 is 0 Å². The number of nitrogens with zero attached hydrogens (tertiary/aromatic N) is 6. The Morgan fingerprint density at radius 2 is 1.38 bits per heavy atom. The topological polar surface area (TPSA) is 96.2 Å². The Bertz CT molecular complexity index is 1270. The van der Waals surface area contributed by atoms with Crippen molar-refractivity contribution in [3.8, 4) is 5.69 Å². The summed E-state index contributed by atoms with van der Waals surface area (Å²) in [5.41, 5.74) is 3.67. The Kier molecular flexibility index (Phi) is 5.98. The molecule has 1 aromatic heterocycles. The molecule has 2 heterocycles. The Morgan fingerprint density at radius 1 is 0.735 bits per heavy atom. The van der Waals surface area contributed by atoms with Crippen LogP contribution in [0.3, 0.4) is 0 Å². The van der Waals surface area contributed by atoms with E-state index in [1.807, 2.05) is 54.6 Å². The van der Waals surface area contributed by atoms with Gasteiger partial charge in [-0.2, -0.15) is 0 Å². The monoisotopic (exact) mass is 453 g/mol. The first-order valence-electron chi connectivity index (χ1n) is 11.0. The van der Waals surface area contributed by atoms with Crippen molar-refractivity contribution >= 4 is 23.2 Å². The fourth-order valence-electron chi connectivity index (χ4n) is 3.96. The number of rotatable bonds is 5. The van der Waals surface area contributed by atoms with Gasteiger partial charge in [-0.25, -0.2) is 4.68 Å². The molecule has 1 aliphatic rings. The number of amides is 2. The van der Waals surface area contributed by atoms with Crippen LogP contribution >= 0.6 is 0 Å². The van der Waals surface area contributed by atoms with Crippen LogP contribution in [0.25, 0.3) is 5.69 Å². The van der Waals surface area contributed by atoms with E-state index in [2.05, 4.69) is 20.8 Å². The largest absolute Gasteiger partial charge is 0.355 e. The number of aromatic nitrogens is 4. The molecule has 1 fully saturated rings. The van der Waals surface area contributed by atoms with E-state index in [9.17, 15) is 9.59 Å². The maximum absolute atomic E-state index is 13.3. The SMILES string of the molecule is O=C(c1ccc(-n2cnnn2)cc1)N1CCN(C(=O)c2ccccc2Nc2ccccc2)CC1. The highest BCUT2D eigenvalue weighted by Gasteiger charge is 2.26. The molecule has 9 nitrogen and oxygen atoms in total. The van der Waals surface area contributed by atoms with Gasteiger partial charge in [-0.15, -0.1) is 5.10 Å². The lowest BCUT2D eigenvalue weighted by molar-refractivity contribution is 0.0536. The predicted octanol–water partition coefficient (Wildman–Crippen LogP) is 3.00. The normalized spacial score (nSPS) is 13.5. The van der Waals surface area contributed by atoms with Gasteiger partial charge in [0.05, 0.1) is 16.9 Å². The van der Waals surface area contributed by atoms with Crippen molar-refractivity contribution < 1.29 is 9.59 Å². The second kappa shape index (κ2) is 9.53. The van der Waals surface area contributed by atoms with Gasteiger partial charge in [0, 0.05) is 37.4 Å². The highest BCUT2D eigenvalue weighted by atomic mass is 16.2. The molecule has 0 radical (unpaired) electrons. The van der Waals surface area contributed by atoms with E-state index in [0.717, 1.165) is 17.1 Å². The second-order valence-corrected chi connectivity index (χ2v) is 7.92. The molecule has 1 aliphatic heterocycles. The number of carbonyl (C=O) groups excluding carboxylic acids is 2. The van der Waals surface area contributed by atoms with Crippen LogP contribution in [0.5, 0.6) is 0 Å². The summed E-state index contributed by atoms with van der Waals surface area (Å²) in [6, 6.07) is 24.4. The van der Waals surface area contributed by atoms with Gasteiger partial charge in [-0.1, -0.05) is 30.3 Å². The highest BCUT2D eigenvalue weighted by Crippen LogP contribution is 2.23. The number of nitrogens with one attached hydrogen (secondary N) is 1. The second-order valence-electron chi connectivity index (χ2n) is 7.92. The summed E-state index contributed by atoms with van der Waals surface area (Å²) in [6.07, 6.45) is 1.50. The quantitative estimate of drug-likeness (QED) is 0.499. The third-order valence-electron chi connectivity index (χ3n) is 5.79. The van der Waals surface area contributed by atoms with Crippen molar-refractivity contribution in [1.29, 1.82) is 0 Å². The Morgan fingerprint density at radius 3 is 2.06 bits per heavy atom. The highest BCUT2D eigenvalue weighted by molar-refractivity contribution is 6.00. The van der Waals surface area contributed by atoms with Crippen molar-refractivity contribution in [3.63, 3.8) is 0 Å². The molecular formula is C25H23N7O2. The summed E-state index contributed by atoms with van der Waals surface area (Å²) in [5, 5.41) is 14.4. The molecule has 0 atom stereocenters. The van der Waals surface area contributed by atoms with Gasteiger partial charge in [-0.05, 0) is 59.0 Å². The third kappa shape index (κ3) is 4.49. The van der Waals surface area contributed by atoms with Crippen LogP contribution in [-0.2, 0) is 0 Å². The van der Waals surface area contributed by atoms with Crippen LogP contribution in [0.2, 0.25) is 0 Å². The van der Waals surface area contributed by atoms with Gasteiger partial charge in [0.15, 0.2) is 0 Å². The number of tetrazole rings is 1. The minimum absolute atomic E-state index is 0.0445. The van der Waals surface area contributed by atoms with Crippen LogP contribution in [0.1, 0.15) is 20.7 Å². The van der Waals surface area contributed by atoms with Gasteiger partial charge in [0.2, 0.25) is 0 Å². The molecule has 0 unspecified atom stereocenters. The van der Waals surface area contributed by atoms with Crippen molar-refractivity contribution in [2.45, 2.75) is 0 Å². The number of anilines is 2. The number of carbonyl (C=O) groups is 2. The van der Waals surface area contributed by atoms with E-state index in [0.29, 0.717) is 37.3 Å². The molecule has 1 N–H and O–H groups in total. The van der Waals surface area contributed by atoms with E-state index in [1.54, 1.807) is 34.1 Å². The van der Waals surface area contributed by atoms with Gasteiger partial charge in [0.25, 0.3) is 11.8 Å². The molecule has 3 aromatic carbocycles. The summed E-state index contributed by atoms with van der Waals surface area (Å²) in [4.78, 5) is 29.8. The van der Waals surface area contributed by atoms with E-state index in [1.165, 1.54) is 11.0 Å². The zero-order valence-electron chi connectivity index (χ0n) is 18.4. The number of para-hydroxylation sites is 2. The van der Waals surface area contributed by atoms with Crippen molar-refractivity contribution in [2.75, 3.05) is 31.5 Å². The van der Waals surface area contributed by atoms with Crippen LogP contribution in [0.15, 0.2) is 85.2 Å². The summed E-state index contributed by atoms with van der Waals surface area (Å²) in [6.45, 7) is 1.92. The maximum atomic E-state index is 13.3. The first-order valence-corrected chi connectivity index (χ1v) is 11.0. The smallest absolute Gasteiger partial charge is 0.256 e. The van der Waals surface area contributed by atoms with Gasteiger partial charge < -0.3 is 15.1 Å². The Balaban J connectivity index is 1.22. The number of piperazine rings is 1. The standard InChI is InChI=1S/C25H23N7O2/c33-24(19-10-12-21(13-11-19)32-18-26-28-29-32)30-14-16-31(17-15-30)25(34)22-8-4-5-9-23(22)27-20-6-2-1-3-7-20/h1-13,18,27H,14-17H2. The first-order chi connectivity index (χ1) is 16.7. The van der Waals surface area contributed by atoms with Crippen molar-refractivity contribution in [3.05, 3.63) is 96.3 Å². The lowest BCUT2D eigenvalue weighted by atomic mass is 10.1. The minimum atomic E-state index is -0.0542. The van der Waals surface area contributed by atoms with Crippen molar-refractivity contribution in [1.82, 2.24) is 30.0 Å². The summed E-state index contributed by atoms with van der Waals surface area (Å²) in [5.74, 6) is -0.0987. The van der Waals surface area contributed by atoms with Gasteiger partial charge >= 0.3 is 0 Å². The average molecular weight is 454 g/mol. The fraction of sp³-hybridized carbons (Fsp3) is 0.160. The molecule has 0 bridgehead atoms. The number of hydrogen-bond acceptors (Lipinski definition) is 6. The molecule has 0 saturated carbocycles. The fourth-order valence-corrected chi connectivity index (χ4v) is 3.96. The summed E-state index contributed by atoms with van der Waals surface area (Å²) >= 11 is 0. The van der Waals surface area contributed by atoms with E-state index in [-0.39, 0.29) is 11.8 Å². The molecular weight excluding hydrogens is 430 g/mol. The molecule has 170 valence electrons. The van der Waals surface area contributed by atoms with Crippen LogP contribution in [0, 0.1) is 0 Å². The van der Waals surface area contributed by atoms with Gasteiger partial charge in [0.1, 0.15) is 6.33 Å². The first kappa shape index (κ1) is 21.3. The molecule has 34 heavy (non-hydrogen) atoms. The lowest BCUT2D eigenvalue weighted by Crippen LogP contribution is -2.50. The molecule has 2 amide bonds. The minimum Gasteiger partial charge on any atom is -0.355 e. The molecule has 4 aromatic rings. The predicted molar refractivity (Wildman–Crippen MR) is 127 cm³/mol. The molecule has 5 rings (SSSR count). The molecule has 9 heteroatoms. The van der Waals surface area contributed by atoms with E-state index < -0.39 is 0 Å². The van der Waals surface area contributed by atoms with Crippen LogP contribution in [-0.4, -0.2) is 68.0 Å². The Labute approximate surface area is 196 Å². The average Bonchev–Trinajstić information content (AvgIpc) is 3.44. The molecule has 1 saturated heterocycles. The summed E-state index contributed by atoms with van der Waals surface area (Å²) < 4.78 is 1.53. The zero-order valence-corrected chi connectivity index (χ0v) is 18.4. The molecule has 0 spiro atoms. The maximum Gasteiger partial charge on any atom is 0.256 e. The number of hydrogen-bond donors (Lipinski definition) is 1. The molecule has 0 aliphatic carbocycles. The summed E-state index contributed by atoms with van der Waals surface area (Å²) in [7, 11) is 0. The lowest BCUT2D eigenvalue weighted by Gasteiger charge is -2.35. The van der Waals surface area contributed by atoms with Gasteiger partial charge in [-0.3, -0.25) is 9.59 Å². The Hall–Kier alpha value is -4.53. The number of benzene rings is 3. The van der Waals surface area contributed by atoms with E-state index in [4.69, 9.17) is 0 Å². The van der Waals surface area contributed by atoms with Crippen LogP contribution in [0.4, 0.5) is 11.4 Å².